The number of amides is 1. The number of nitrogens with one attached hydrogen (secondary N) is 1. The topological polar surface area (TPSA) is 38.3 Å². The number of aryl methyl sites for hydroxylation is 1. The van der Waals surface area contributed by atoms with E-state index in [4.69, 9.17) is 11.6 Å². The van der Waals surface area contributed by atoms with Gasteiger partial charge in [0.1, 0.15) is 0 Å². The van der Waals surface area contributed by atoms with Gasteiger partial charge in [-0.05, 0) is 24.6 Å². The predicted molar refractivity (Wildman–Crippen MR) is 52.0 cm³/mol. The van der Waals surface area contributed by atoms with Gasteiger partial charge in [-0.2, -0.15) is 0 Å². The standard InChI is InChI=1S/C9H10ClNO2/c1-7-3-2-4-8(5-7)11-9(12)13-6-10/h2-5H,6H2,1H3,(H,11,12). The third-order valence-electron chi connectivity index (χ3n) is 1.45. The van der Waals surface area contributed by atoms with E-state index < -0.39 is 6.09 Å². The zero-order valence-electron chi connectivity index (χ0n) is 7.21. The smallest absolute Gasteiger partial charge is 0.412 e. The zero-order valence-corrected chi connectivity index (χ0v) is 7.97. The molecule has 0 saturated carbocycles. The first-order valence-corrected chi connectivity index (χ1v) is 4.32. The molecular formula is C9H10ClNO2. The third-order valence-corrected chi connectivity index (χ3v) is 1.56. The Kier molecular flexibility index (Phi) is 3.58. The molecule has 0 bridgehead atoms. The second-order valence-corrected chi connectivity index (χ2v) is 2.75. The minimum absolute atomic E-state index is 0.141. The number of ether oxygens (including phenoxy) is 1. The maximum Gasteiger partial charge on any atom is 0.412 e. The van der Waals surface area contributed by atoms with Crippen LogP contribution < -0.4 is 5.32 Å². The summed E-state index contributed by atoms with van der Waals surface area (Å²) in [6.45, 7) is 1.94. The number of halogens is 1. The van der Waals surface area contributed by atoms with Gasteiger partial charge in [-0.25, -0.2) is 4.79 Å². The minimum atomic E-state index is -0.541. The molecular weight excluding hydrogens is 190 g/mol. The van der Waals surface area contributed by atoms with Crippen molar-refractivity contribution in [1.29, 1.82) is 0 Å². The van der Waals surface area contributed by atoms with Crippen LogP contribution in [0.1, 0.15) is 5.56 Å². The predicted octanol–water partition coefficient (Wildman–Crippen LogP) is 2.74. The molecule has 4 heteroatoms. The van der Waals surface area contributed by atoms with Crippen molar-refractivity contribution in [3.05, 3.63) is 29.8 Å². The summed E-state index contributed by atoms with van der Waals surface area (Å²) in [5, 5.41) is 2.54. The van der Waals surface area contributed by atoms with Crippen LogP contribution in [0.4, 0.5) is 10.5 Å². The molecule has 13 heavy (non-hydrogen) atoms. The van der Waals surface area contributed by atoms with Gasteiger partial charge < -0.3 is 4.74 Å². The van der Waals surface area contributed by atoms with Gasteiger partial charge in [0.25, 0.3) is 0 Å². The van der Waals surface area contributed by atoms with Crippen molar-refractivity contribution in [2.24, 2.45) is 0 Å². The van der Waals surface area contributed by atoms with E-state index in [9.17, 15) is 4.79 Å². The number of rotatable bonds is 2. The molecule has 70 valence electrons. The van der Waals surface area contributed by atoms with Gasteiger partial charge in [-0.15, -0.1) is 0 Å². The summed E-state index contributed by atoms with van der Waals surface area (Å²) in [7, 11) is 0. The molecule has 0 heterocycles. The Labute approximate surface area is 81.7 Å². The molecule has 0 aliphatic heterocycles. The molecule has 0 unspecified atom stereocenters. The number of anilines is 1. The van der Waals surface area contributed by atoms with Crippen molar-refractivity contribution in [1.82, 2.24) is 0 Å². The van der Waals surface area contributed by atoms with Crippen LogP contribution >= 0.6 is 11.6 Å². The lowest BCUT2D eigenvalue weighted by molar-refractivity contribution is 0.180. The Morgan fingerprint density at radius 1 is 1.62 bits per heavy atom. The fraction of sp³-hybridized carbons (Fsp3) is 0.222. The van der Waals surface area contributed by atoms with Gasteiger partial charge in [-0.3, -0.25) is 5.32 Å². The molecule has 0 spiro atoms. The molecule has 1 aromatic rings. The Morgan fingerprint density at radius 2 is 2.38 bits per heavy atom. The number of hydrogen-bond acceptors (Lipinski definition) is 2. The summed E-state index contributed by atoms with van der Waals surface area (Å²) in [6, 6.07) is 7.28. The number of benzene rings is 1. The van der Waals surface area contributed by atoms with Crippen molar-refractivity contribution >= 4 is 23.4 Å². The van der Waals surface area contributed by atoms with Crippen molar-refractivity contribution in [3.8, 4) is 0 Å². The molecule has 3 nitrogen and oxygen atoms in total. The lowest BCUT2D eigenvalue weighted by atomic mass is 10.2. The summed E-state index contributed by atoms with van der Waals surface area (Å²) < 4.78 is 4.50. The highest BCUT2D eigenvalue weighted by atomic mass is 35.5. The average molecular weight is 200 g/mol. The largest absolute Gasteiger partial charge is 0.433 e. The van der Waals surface area contributed by atoms with Crippen molar-refractivity contribution in [3.63, 3.8) is 0 Å². The quantitative estimate of drug-likeness (QED) is 0.744. The normalized spacial score (nSPS) is 9.38. The van der Waals surface area contributed by atoms with E-state index in [1.54, 1.807) is 6.07 Å². The van der Waals surface area contributed by atoms with Crippen LogP contribution in [0.25, 0.3) is 0 Å². The Morgan fingerprint density at radius 3 is 3.00 bits per heavy atom. The van der Waals surface area contributed by atoms with Crippen LogP contribution in [0, 0.1) is 6.92 Å². The molecule has 1 aromatic carbocycles. The number of hydrogen-bond donors (Lipinski definition) is 1. The molecule has 0 aliphatic carbocycles. The SMILES string of the molecule is Cc1cccc(NC(=O)OCCl)c1. The summed E-state index contributed by atoms with van der Waals surface area (Å²) in [5.74, 6) is 0. The molecule has 0 aliphatic rings. The van der Waals surface area contributed by atoms with E-state index in [0.717, 1.165) is 5.56 Å². The van der Waals surface area contributed by atoms with Crippen LogP contribution in [-0.4, -0.2) is 12.2 Å². The van der Waals surface area contributed by atoms with Crippen LogP contribution in [0.15, 0.2) is 24.3 Å². The summed E-state index contributed by atoms with van der Waals surface area (Å²) >= 11 is 5.21. The molecule has 0 aromatic heterocycles. The fourth-order valence-electron chi connectivity index (χ4n) is 0.926. The van der Waals surface area contributed by atoms with Crippen molar-refractivity contribution < 1.29 is 9.53 Å². The minimum Gasteiger partial charge on any atom is -0.433 e. The lowest BCUT2D eigenvalue weighted by Gasteiger charge is -2.04. The van der Waals surface area contributed by atoms with Gasteiger partial charge in [0.2, 0.25) is 0 Å². The molecule has 0 saturated heterocycles. The van der Waals surface area contributed by atoms with Gasteiger partial charge in [-0.1, -0.05) is 23.7 Å². The summed E-state index contributed by atoms with van der Waals surface area (Å²) in [6.07, 6.45) is -0.541. The Balaban J connectivity index is 2.58. The molecule has 1 amide bonds. The van der Waals surface area contributed by atoms with E-state index in [-0.39, 0.29) is 6.07 Å². The van der Waals surface area contributed by atoms with Crippen molar-refractivity contribution in [2.75, 3.05) is 11.4 Å². The van der Waals surface area contributed by atoms with E-state index >= 15 is 0 Å². The van der Waals surface area contributed by atoms with Gasteiger partial charge in [0.05, 0.1) is 0 Å². The van der Waals surface area contributed by atoms with Gasteiger partial charge >= 0.3 is 6.09 Å². The first-order chi connectivity index (χ1) is 6.22. The first-order valence-electron chi connectivity index (χ1n) is 3.79. The van der Waals surface area contributed by atoms with Crippen LogP contribution in [-0.2, 0) is 4.74 Å². The zero-order chi connectivity index (χ0) is 9.68. The lowest BCUT2D eigenvalue weighted by Crippen LogP contribution is -2.12. The van der Waals surface area contributed by atoms with E-state index in [0.29, 0.717) is 5.69 Å². The van der Waals surface area contributed by atoms with Crippen LogP contribution in [0.5, 0.6) is 0 Å². The first kappa shape index (κ1) is 9.86. The number of carbonyl (C=O) groups is 1. The molecule has 1 rings (SSSR count). The summed E-state index contributed by atoms with van der Waals surface area (Å²) in [5.41, 5.74) is 1.78. The van der Waals surface area contributed by atoms with E-state index in [1.807, 2.05) is 25.1 Å². The Bertz CT molecular complexity index is 301. The van der Waals surface area contributed by atoms with E-state index in [2.05, 4.69) is 10.1 Å². The second kappa shape index (κ2) is 4.72. The van der Waals surface area contributed by atoms with Crippen LogP contribution in [0.2, 0.25) is 0 Å². The average Bonchev–Trinajstić information content (AvgIpc) is 2.04. The second-order valence-electron chi connectivity index (χ2n) is 2.54. The van der Waals surface area contributed by atoms with Gasteiger partial charge in [0, 0.05) is 5.69 Å². The van der Waals surface area contributed by atoms with E-state index in [1.165, 1.54) is 0 Å². The molecule has 0 atom stereocenters. The third kappa shape index (κ3) is 3.34. The number of carbonyl (C=O) groups excluding carboxylic acids is 1. The number of alkyl halides is 1. The van der Waals surface area contributed by atoms with Gasteiger partial charge in [0.15, 0.2) is 6.07 Å². The molecule has 1 N–H and O–H groups in total. The fourth-order valence-corrected chi connectivity index (χ4v) is 1.03. The highest BCUT2D eigenvalue weighted by Gasteiger charge is 2.00. The maximum absolute atomic E-state index is 10.9. The highest BCUT2D eigenvalue weighted by molar-refractivity contribution is 6.17. The monoisotopic (exact) mass is 199 g/mol. The Hall–Kier alpha value is -1.22. The highest BCUT2D eigenvalue weighted by Crippen LogP contribution is 2.09. The summed E-state index contributed by atoms with van der Waals surface area (Å²) in [4.78, 5) is 10.9. The maximum atomic E-state index is 10.9. The molecule has 0 radical (unpaired) electrons. The van der Waals surface area contributed by atoms with Crippen molar-refractivity contribution in [2.45, 2.75) is 6.92 Å². The van der Waals surface area contributed by atoms with Crippen LogP contribution in [0.3, 0.4) is 0 Å². The molecule has 0 fully saturated rings.